The van der Waals surface area contributed by atoms with Gasteiger partial charge in [-0.05, 0) is 53.4 Å². The highest BCUT2D eigenvalue weighted by Gasteiger charge is 2.28. The van der Waals surface area contributed by atoms with Crippen molar-refractivity contribution in [2.75, 3.05) is 67.7 Å². The number of nitrogens with zero attached hydrogens (tertiary/aromatic N) is 3. The van der Waals surface area contributed by atoms with E-state index >= 15 is 0 Å². The molecule has 0 spiro atoms. The van der Waals surface area contributed by atoms with Crippen LogP contribution in [-0.4, -0.2) is 88.1 Å². The predicted octanol–water partition coefficient (Wildman–Crippen LogP) is 6.43. The quantitative estimate of drug-likeness (QED) is 0.0880. The van der Waals surface area contributed by atoms with Crippen molar-refractivity contribution in [3.8, 4) is 23.0 Å². The highest BCUT2D eigenvalue weighted by Crippen LogP contribution is 2.46. The minimum Gasteiger partial charge on any atom is -0.507 e. The second kappa shape index (κ2) is 17.0. The highest BCUT2D eigenvalue weighted by molar-refractivity contribution is 7.92. The van der Waals surface area contributed by atoms with Crippen molar-refractivity contribution in [3.05, 3.63) is 96.2 Å². The molecule has 0 unspecified atom stereocenters. The minimum atomic E-state index is -3.72. The van der Waals surface area contributed by atoms with Gasteiger partial charge in [0.15, 0.2) is 5.75 Å². The van der Waals surface area contributed by atoms with E-state index in [0.29, 0.717) is 65.8 Å². The number of amides is 3. The number of primary amides is 1. The Kier molecular flexibility index (Phi) is 12.1. The summed E-state index contributed by atoms with van der Waals surface area (Å²) in [5.74, 6) is 0.878. The maximum atomic E-state index is 13.4. The van der Waals surface area contributed by atoms with Crippen molar-refractivity contribution in [1.82, 2.24) is 15.2 Å². The second-order valence-electron chi connectivity index (χ2n) is 14.5. The molecule has 0 aliphatic carbocycles. The first-order chi connectivity index (χ1) is 27.1. The number of carbonyl (C=O) groups excluding carboxylic acids is 2. The lowest BCUT2D eigenvalue weighted by molar-refractivity contribution is 0.0383. The molecule has 15 nitrogen and oxygen atoms in total. The SMILES string of the molecule is COc1c(NS(C)(=O)=O)cc(C(C)(C)C)cc1N(C(N)=O)c1ccc(Oc2ccnc(Nc3ccc(C(=O)NCCN4CCOCC4)c(O)c3)c2)c2ccccc12. The first kappa shape index (κ1) is 40.6. The van der Waals surface area contributed by atoms with E-state index in [1.165, 1.54) is 18.1 Å². The van der Waals surface area contributed by atoms with Crippen LogP contribution in [0.3, 0.4) is 0 Å². The number of benzene rings is 4. The van der Waals surface area contributed by atoms with Gasteiger partial charge in [0.25, 0.3) is 5.91 Å². The number of nitrogens with one attached hydrogen (secondary N) is 3. The van der Waals surface area contributed by atoms with Gasteiger partial charge in [-0.15, -0.1) is 0 Å². The lowest BCUT2D eigenvalue weighted by Crippen LogP contribution is -2.41. The summed E-state index contributed by atoms with van der Waals surface area (Å²) < 4.78 is 44.8. The number of rotatable bonds is 13. The average molecular weight is 798 g/mol. The van der Waals surface area contributed by atoms with Crippen LogP contribution in [0.2, 0.25) is 0 Å². The molecule has 0 bridgehead atoms. The van der Waals surface area contributed by atoms with Crippen LogP contribution in [0, 0.1) is 0 Å². The molecule has 300 valence electrons. The summed E-state index contributed by atoms with van der Waals surface area (Å²) in [7, 11) is -2.33. The van der Waals surface area contributed by atoms with Crippen molar-refractivity contribution in [2.45, 2.75) is 26.2 Å². The monoisotopic (exact) mass is 797 g/mol. The number of morpholine rings is 1. The summed E-state index contributed by atoms with van der Waals surface area (Å²) in [6.07, 6.45) is 2.60. The molecule has 6 N–H and O–H groups in total. The number of anilines is 5. The third-order valence-corrected chi connectivity index (χ3v) is 9.88. The highest BCUT2D eigenvalue weighted by atomic mass is 32.2. The van der Waals surface area contributed by atoms with E-state index in [9.17, 15) is 23.1 Å². The number of ether oxygens (including phenoxy) is 3. The molecule has 4 aromatic carbocycles. The fourth-order valence-electron chi connectivity index (χ4n) is 6.48. The topological polar surface area (TPSA) is 198 Å². The van der Waals surface area contributed by atoms with Crippen molar-refractivity contribution in [3.63, 3.8) is 0 Å². The predicted molar refractivity (Wildman–Crippen MR) is 221 cm³/mol. The summed E-state index contributed by atoms with van der Waals surface area (Å²) in [4.78, 5) is 34.0. The van der Waals surface area contributed by atoms with Gasteiger partial charge in [-0.3, -0.25) is 19.3 Å². The third kappa shape index (κ3) is 9.83. The molecule has 0 saturated carbocycles. The fourth-order valence-corrected chi connectivity index (χ4v) is 7.03. The van der Waals surface area contributed by atoms with Gasteiger partial charge in [0.1, 0.15) is 23.1 Å². The van der Waals surface area contributed by atoms with E-state index in [2.05, 4.69) is 25.2 Å². The Morgan fingerprint density at radius 2 is 1.72 bits per heavy atom. The number of aromatic hydroxyl groups is 1. The number of carbonyl (C=O) groups is 2. The number of hydrogen-bond donors (Lipinski definition) is 5. The van der Waals surface area contributed by atoms with Crippen molar-refractivity contribution in [2.24, 2.45) is 5.73 Å². The van der Waals surface area contributed by atoms with Gasteiger partial charge in [-0.25, -0.2) is 18.2 Å². The maximum Gasteiger partial charge on any atom is 0.324 e. The Hall–Kier alpha value is -6.10. The molecule has 6 rings (SSSR count). The van der Waals surface area contributed by atoms with Crippen LogP contribution in [0.5, 0.6) is 23.0 Å². The van der Waals surface area contributed by atoms with Crippen LogP contribution >= 0.6 is 0 Å². The number of aromatic nitrogens is 1. The molecule has 57 heavy (non-hydrogen) atoms. The number of phenols is 1. The smallest absolute Gasteiger partial charge is 0.324 e. The molecular formula is C41H47N7O8S. The van der Waals surface area contributed by atoms with Crippen LogP contribution in [-0.2, 0) is 20.2 Å². The number of fused-ring (bicyclic) bond motifs is 1. The number of nitrogens with two attached hydrogens (primary N) is 1. The van der Waals surface area contributed by atoms with E-state index in [1.807, 2.05) is 45.0 Å². The molecule has 5 aromatic rings. The van der Waals surface area contributed by atoms with Gasteiger partial charge >= 0.3 is 6.03 Å². The molecule has 1 saturated heterocycles. The van der Waals surface area contributed by atoms with Gasteiger partial charge in [-0.2, -0.15) is 0 Å². The largest absolute Gasteiger partial charge is 0.507 e. The zero-order valence-corrected chi connectivity index (χ0v) is 33.3. The van der Waals surface area contributed by atoms with Gasteiger partial charge in [0.05, 0.1) is 49.2 Å². The van der Waals surface area contributed by atoms with Crippen molar-refractivity contribution >= 4 is 61.3 Å². The molecule has 1 fully saturated rings. The van der Waals surface area contributed by atoms with Crippen LogP contribution in [0.15, 0.2) is 85.1 Å². The van der Waals surface area contributed by atoms with Crippen LogP contribution < -0.4 is 35.5 Å². The van der Waals surface area contributed by atoms with E-state index in [4.69, 9.17) is 19.9 Å². The van der Waals surface area contributed by atoms with E-state index < -0.39 is 21.5 Å². The molecule has 0 radical (unpaired) electrons. The normalized spacial score (nSPS) is 13.5. The van der Waals surface area contributed by atoms with Gasteiger partial charge in [0.2, 0.25) is 10.0 Å². The van der Waals surface area contributed by atoms with Gasteiger partial charge < -0.3 is 35.7 Å². The number of methoxy groups -OCH3 is 1. The Morgan fingerprint density at radius 1 is 0.982 bits per heavy atom. The number of urea groups is 1. The van der Waals surface area contributed by atoms with Crippen molar-refractivity contribution < 1.29 is 37.3 Å². The molecule has 0 atom stereocenters. The summed E-state index contributed by atoms with van der Waals surface area (Å²) in [5.41, 5.74) is 7.84. The minimum absolute atomic E-state index is 0.110. The summed E-state index contributed by atoms with van der Waals surface area (Å²) >= 11 is 0. The zero-order chi connectivity index (χ0) is 40.9. The molecule has 2 heterocycles. The van der Waals surface area contributed by atoms with Gasteiger partial charge in [-0.1, -0.05) is 45.0 Å². The summed E-state index contributed by atoms with van der Waals surface area (Å²) in [5, 5.41) is 18.0. The molecule has 3 amide bonds. The second-order valence-corrected chi connectivity index (χ2v) is 16.3. The molecule has 1 aliphatic heterocycles. The van der Waals surface area contributed by atoms with Crippen LogP contribution in [0.1, 0.15) is 36.7 Å². The molecular weight excluding hydrogens is 751 g/mol. The number of sulfonamides is 1. The number of hydrogen-bond acceptors (Lipinski definition) is 11. The van der Waals surface area contributed by atoms with E-state index in [1.54, 1.807) is 54.7 Å². The lowest BCUT2D eigenvalue weighted by atomic mass is 9.86. The first-order valence-corrected chi connectivity index (χ1v) is 20.1. The van der Waals surface area contributed by atoms with Gasteiger partial charge in [0, 0.05) is 61.0 Å². The van der Waals surface area contributed by atoms with Crippen LogP contribution in [0.4, 0.5) is 33.4 Å². The lowest BCUT2D eigenvalue weighted by Gasteiger charge is -2.29. The number of pyridine rings is 1. The molecule has 16 heteroatoms. The first-order valence-electron chi connectivity index (χ1n) is 18.2. The Bertz CT molecular complexity index is 2400. The zero-order valence-electron chi connectivity index (χ0n) is 32.5. The van der Waals surface area contributed by atoms with Crippen LogP contribution in [0.25, 0.3) is 10.8 Å². The third-order valence-electron chi connectivity index (χ3n) is 9.29. The summed E-state index contributed by atoms with van der Waals surface area (Å²) in [6.45, 7) is 10.0. The maximum absolute atomic E-state index is 13.4. The van der Waals surface area contributed by atoms with E-state index in [0.717, 1.165) is 24.9 Å². The molecule has 1 aliphatic rings. The Balaban J connectivity index is 1.25. The van der Waals surface area contributed by atoms with E-state index in [-0.39, 0.29) is 34.3 Å². The standard InChI is InChI=1S/C41H47N7O8S/c1-41(2,3)26-22-32(46-57(5,52)53)38(54-4)34(23-26)48(40(42)51)33-12-13-36(30-9-7-6-8-29(30)33)56-28-14-15-43-37(25-28)45-27-10-11-31(35(49)24-27)39(50)44-16-17-47-18-20-55-21-19-47/h6-15,22-25,46,49H,16-21H2,1-5H3,(H2,42,51)(H,43,45)(H,44,50). The average Bonchev–Trinajstić information content (AvgIpc) is 3.15. The number of phenolic OH excluding ortho intramolecular Hbond substituents is 1. The fraction of sp³-hybridized carbons (Fsp3) is 0.293. The van der Waals surface area contributed by atoms with Crippen molar-refractivity contribution in [1.29, 1.82) is 0 Å². The Morgan fingerprint density at radius 3 is 2.39 bits per heavy atom. The Labute approximate surface area is 331 Å². The molecule has 1 aromatic heterocycles. The summed E-state index contributed by atoms with van der Waals surface area (Å²) in [6, 6.07) is 21.4.